The standard InChI is InChI=1S/C18H19Cl3N2O5S/c1-5-29(25,26)23(2)15-9-17(28-4)16(27-3)6-10(15)18(24)22-14-8-12(20)11(19)7-13(14)21/h6-9H,5H2,1-4H3,(H,22,24). The molecular formula is C18H19Cl3N2O5S. The van der Waals surface area contributed by atoms with E-state index < -0.39 is 15.9 Å². The van der Waals surface area contributed by atoms with Gasteiger partial charge in [-0.1, -0.05) is 34.8 Å². The number of anilines is 2. The van der Waals surface area contributed by atoms with Gasteiger partial charge in [-0.2, -0.15) is 0 Å². The van der Waals surface area contributed by atoms with Crippen LogP contribution in [0.3, 0.4) is 0 Å². The molecule has 0 unspecified atom stereocenters. The van der Waals surface area contributed by atoms with Gasteiger partial charge >= 0.3 is 0 Å². The van der Waals surface area contributed by atoms with Gasteiger partial charge in [0.05, 0.1) is 52.0 Å². The summed E-state index contributed by atoms with van der Waals surface area (Å²) in [5.74, 6) is -0.259. The van der Waals surface area contributed by atoms with Gasteiger partial charge in [0.25, 0.3) is 5.91 Å². The van der Waals surface area contributed by atoms with Crippen LogP contribution in [0.1, 0.15) is 17.3 Å². The zero-order chi connectivity index (χ0) is 21.9. The number of nitrogens with one attached hydrogen (secondary N) is 1. The van der Waals surface area contributed by atoms with Crippen molar-refractivity contribution < 1.29 is 22.7 Å². The number of carbonyl (C=O) groups is 1. The molecule has 0 heterocycles. The van der Waals surface area contributed by atoms with E-state index in [1.54, 1.807) is 0 Å². The second-order valence-corrected chi connectivity index (χ2v) is 9.30. The van der Waals surface area contributed by atoms with E-state index in [1.807, 2.05) is 0 Å². The Balaban J connectivity index is 2.60. The van der Waals surface area contributed by atoms with Crippen molar-refractivity contribution in [3.05, 3.63) is 44.9 Å². The number of sulfonamides is 1. The first-order chi connectivity index (χ1) is 13.5. The molecule has 0 aromatic heterocycles. The minimum atomic E-state index is -3.65. The highest BCUT2D eigenvalue weighted by atomic mass is 35.5. The first-order valence-electron chi connectivity index (χ1n) is 8.24. The summed E-state index contributed by atoms with van der Waals surface area (Å²) >= 11 is 18.0. The molecule has 0 fully saturated rings. The molecule has 158 valence electrons. The number of hydrogen-bond acceptors (Lipinski definition) is 5. The van der Waals surface area contributed by atoms with Crippen LogP contribution in [0.4, 0.5) is 11.4 Å². The van der Waals surface area contributed by atoms with Crippen LogP contribution in [0.5, 0.6) is 11.5 Å². The van der Waals surface area contributed by atoms with Crippen molar-refractivity contribution >= 4 is 62.1 Å². The molecule has 1 amide bonds. The molecule has 0 bridgehead atoms. The maximum atomic E-state index is 13.0. The fourth-order valence-corrected chi connectivity index (χ4v) is 3.89. The Hall–Kier alpha value is -1.87. The first kappa shape index (κ1) is 23.4. The Kier molecular flexibility index (Phi) is 7.50. The van der Waals surface area contributed by atoms with Crippen LogP contribution < -0.4 is 19.1 Å². The lowest BCUT2D eigenvalue weighted by Gasteiger charge is -2.23. The first-order valence-corrected chi connectivity index (χ1v) is 11.0. The zero-order valence-electron chi connectivity index (χ0n) is 16.0. The fourth-order valence-electron chi connectivity index (χ4n) is 2.46. The lowest BCUT2D eigenvalue weighted by Crippen LogP contribution is -2.30. The maximum absolute atomic E-state index is 13.0. The van der Waals surface area contributed by atoms with E-state index in [9.17, 15) is 13.2 Å². The third kappa shape index (κ3) is 5.01. The Morgan fingerprint density at radius 1 is 1.00 bits per heavy atom. The molecule has 0 spiro atoms. The number of methoxy groups -OCH3 is 2. The van der Waals surface area contributed by atoms with Crippen molar-refractivity contribution in [2.75, 3.05) is 36.6 Å². The van der Waals surface area contributed by atoms with Crippen LogP contribution in [0.15, 0.2) is 24.3 Å². The summed E-state index contributed by atoms with van der Waals surface area (Å²) in [6, 6.07) is 5.59. The topological polar surface area (TPSA) is 84.9 Å². The lowest BCUT2D eigenvalue weighted by atomic mass is 10.1. The van der Waals surface area contributed by atoms with Crippen molar-refractivity contribution in [2.45, 2.75) is 6.92 Å². The van der Waals surface area contributed by atoms with Gasteiger partial charge in [0, 0.05) is 13.1 Å². The smallest absolute Gasteiger partial charge is 0.257 e. The molecule has 2 aromatic carbocycles. The van der Waals surface area contributed by atoms with Crippen molar-refractivity contribution in [2.24, 2.45) is 0 Å². The minimum Gasteiger partial charge on any atom is -0.493 e. The molecule has 0 aliphatic carbocycles. The quantitative estimate of drug-likeness (QED) is 0.579. The number of halogens is 3. The SMILES string of the molecule is CCS(=O)(=O)N(C)c1cc(OC)c(OC)cc1C(=O)Nc1cc(Cl)c(Cl)cc1Cl. The molecule has 0 saturated carbocycles. The van der Waals surface area contributed by atoms with Gasteiger partial charge in [-0.3, -0.25) is 9.10 Å². The van der Waals surface area contributed by atoms with Crippen LogP contribution in [-0.4, -0.2) is 41.3 Å². The highest BCUT2D eigenvalue weighted by Gasteiger charge is 2.25. The van der Waals surface area contributed by atoms with Gasteiger partial charge in [-0.25, -0.2) is 8.42 Å². The molecule has 0 atom stereocenters. The summed E-state index contributed by atoms with van der Waals surface area (Å²) in [4.78, 5) is 13.0. The molecule has 0 aliphatic rings. The van der Waals surface area contributed by atoms with E-state index in [2.05, 4.69) is 5.32 Å². The summed E-state index contributed by atoms with van der Waals surface area (Å²) in [7, 11) is 0.510. The number of rotatable bonds is 7. The van der Waals surface area contributed by atoms with Gasteiger partial charge in [0.15, 0.2) is 11.5 Å². The van der Waals surface area contributed by atoms with E-state index in [1.165, 1.54) is 52.5 Å². The van der Waals surface area contributed by atoms with E-state index in [-0.39, 0.29) is 49.3 Å². The predicted octanol–water partition coefficient (Wildman–Crippen LogP) is 4.70. The van der Waals surface area contributed by atoms with Gasteiger partial charge in [-0.15, -0.1) is 0 Å². The van der Waals surface area contributed by atoms with Gasteiger partial charge in [0.1, 0.15) is 0 Å². The maximum Gasteiger partial charge on any atom is 0.257 e. The molecular weight excluding hydrogens is 463 g/mol. The molecule has 7 nitrogen and oxygen atoms in total. The third-order valence-electron chi connectivity index (χ3n) is 4.13. The fraction of sp³-hybridized carbons (Fsp3) is 0.278. The van der Waals surface area contributed by atoms with Gasteiger partial charge in [0.2, 0.25) is 10.0 Å². The normalized spacial score (nSPS) is 11.1. The van der Waals surface area contributed by atoms with E-state index in [0.717, 1.165) is 4.31 Å². The molecule has 0 radical (unpaired) electrons. The van der Waals surface area contributed by atoms with E-state index in [4.69, 9.17) is 44.3 Å². The molecule has 0 saturated heterocycles. The van der Waals surface area contributed by atoms with Gasteiger partial charge in [-0.05, 0) is 25.1 Å². The molecule has 0 aliphatic heterocycles. The summed E-state index contributed by atoms with van der Waals surface area (Å²) in [5.41, 5.74) is 0.357. The third-order valence-corrected chi connectivity index (χ3v) is 6.92. The average Bonchev–Trinajstić information content (AvgIpc) is 2.70. The molecule has 2 aromatic rings. The lowest BCUT2D eigenvalue weighted by molar-refractivity contribution is 0.102. The minimum absolute atomic E-state index is 0.0318. The second kappa shape index (κ2) is 9.30. The van der Waals surface area contributed by atoms with Gasteiger partial charge < -0.3 is 14.8 Å². The van der Waals surface area contributed by atoms with E-state index >= 15 is 0 Å². The number of benzene rings is 2. The van der Waals surface area contributed by atoms with Crippen LogP contribution in [0, 0.1) is 0 Å². The number of amides is 1. The van der Waals surface area contributed by atoms with Crippen LogP contribution in [0.25, 0.3) is 0 Å². The summed E-state index contributed by atoms with van der Waals surface area (Å²) in [6.07, 6.45) is 0. The van der Waals surface area contributed by atoms with E-state index in [0.29, 0.717) is 0 Å². The monoisotopic (exact) mass is 480 g/mol. The average molecular weight is 482 g/mol. The Bertz CT molecular complexity index is 1040. The summed E-state index contributed by atoms with van der Waals surface area (Å²) in [6.45, 7) is 1.50. The summed E-state index contributed by atoms with van der Waals surface area (Å²) in [5, 5.41) is 3.22. The van der Waals surface area contributed by atoms with Crippen LogP contribution in [0.2, 0.25) is 15.1 Å². The Labute approximate surface area is 184 Å². The van der Waals surface area contributed by atoms with Crippen LogP contribution >= 0.6 is 34.8 Å². The van der Waals surface area contributed by atoms with Crippen molar-refractivity contribution in [1.82, 2.24) is 0 Å². The number of hydrogen-bond donors (Lipinski definition) is 1. The molecule has 1 N–H and O–H groups in total. The highest BCUT2D eigenvalue weighted by molar-refractivity contribution is 7.92. The molecule has 11 heteroatoms. The number of ether oxygens (including phenoxy) is 2. The molecule has 29 heavy (non-hydrogen) atoms. The van der Waals surface area contributed by atoms with Crippen molar-refractivity contribution in [1.29, 1.82) is 0 Å². The van der Waals surface area contributed by atoms with Crippen LogP contribution in [-0.2, 0) is 10.0 Å². The second-order valence-electron chi connectivity index (χ2n) is 5.79. The predicted molar refractivity (Wildman–Crippen MR) is 117 cm³/mol. The van der Waals surface area contributed by atoms with Crippen molar-refractivity contribution in [3.63, 3.8) is 0 Å². The largest absolute Gasteiger partial charge is 0.493 e. The Morgan fingerprint density at radius 2 is 1.55 bits per heavy atom. The summed E-state index contributed by atoms with van der Waals surface area (Å²) < 4.78 is 36.3. The molecule has 2 rings (SSSR count). The number of nitrogens with zero attached hydrogens (tertiary/aromatic N) is 1. The zero-order valence-corrected chi connectivity index (χ0v) is 19.1. The highest BCUT2D eigenvalue weighted by Crippen LogP contribution is 2.37. The Morgan fingerprint density at radius 3 is 2.10 bits per heavy atom. The van der Waals surface area contributed by atoms with Crippen molar-refractivity contribution in [3.8, 4) is 11.5 Å². The number of carbonyl (C=O) groups excluding carboxylic acids is 1.